The van der Waals surface area contributed by atoms with Crippen molar-refractivity contribution >= 4 is 23.0 Å². The second kappa shape index (κ2) is 4.65. The lowest BCUT2D eigenvalue weighted by molar-refractivity contribution is 0.112. The van der Waals surface area contributed by atoms with Gasteiger partial charge in [-0.1, -0.05) is 0 Å². The first-order valence-electron chi connectivity index (χ1n) is 5.97. The topological polar surface area (TPSA) is 83.0 Å². The number of benzene rings is 1. The molecule has 20 heavy (non-hydrogen) atoms. The number of nitrogens with zero attached hydrogens (tertiary/aromatic N) is 3. The van der Waals surface area contributed by atoms with Crippen LogP contribution in [-0.4, -0.2) is 20.8 Å². The molecule has 3 aromatic rings. The van der Waals surface area contributed by atoms with Crippen molar-refractivity contribution in [3.63, 3.8) is 0 Å². The maximum atomic E-state index is 11.0. The van der Waals surface area contributed by atoms with Crippen LogP contribution in [0.25, 0.3) is 10.9 Å². The lowest BCUT2D eigenvalue weighted by Crippen LogP contribution is -2.01. The van der Waals surface area contributed by atoms with Crippen LogP contribution in [0.3, 0.4) is 0 Å². The zero-order chi connectivity index (χ0) is 14.1. The molecule has 2 heterocycles. The molecule has 0 saturated heterocycles. The Morgan fingerprint density at radius 3 is 2.95 bits per heavy atom. The predicted octanol–water partition coefficient (Wildman–Crippen LogP) is 2.16. The Morgan fingerprint density at radius 1 is 1.30 bits per heavy atom. The van der Waals surface area contributed by atoms with Crippen LogP contribution in [0.4, 0.5) is 5.82 Å². The van der Waals surface area contributed by atoms with E-state index in [1.807, 2.05) is 42.1 Å². The number of carbonyl (C=O) groups is 1. The summed E-state index contributed by atoms with van der Waals surface area (Å²) in [5, 5.41) is 1.04. The molecule has 0 atom stereocenters. The Morgan fingerprint density at radius 2 is 2.15 bits per heavy atom. The van der Waals surface area contributed by atoms with Crippen LogP contribution in [0, 0.1) is 0 Å². The Hall–Kier alpha value is -2.89. The van der Waals surface area contributed by atoms with Gasteiger partial charge >= 0.3 is 0 Å². The molecule has 2 aromatic heterocycles. The number of nitrogens with two attached hydrogens (primary N) is 1. The minimum Gasteiger partial charge on any atom is -0.438 e. The van der Waals surface area contributed by atoms with Gasteiger partial charge in [-0.3, -0.25) is 4.79 Å². The van der Waals surface area contributed by atoms with Crippen molar-refractivity contribution in [2.75, 3.05) is 5.73 Å². The van der Waals surface area contributed by atoms with Gasteiger partial charge in [0.2, 0.25) is 5.88 Å². The normalized spacial score (nSPS) is 10.7. The zero-order valence-electron chi connectivity index (χ0n) is 10.8. The fourth-order valence-electron chi connectivity index (χ4n) is 2.02. The SMILES string of the molecule is Cn1ccc2cc(Oc3ncnc(N)c3C=O)ccc21. The monoisotopic (exact) mass is 268 g/mol. The average molecular weight is 268 g/mol. The van der Waals surface area contributed by atoms with Gasteiger partial charge in [0.05, 0.1) is 0 Å². The fraction of sp³-hybridized carbons (Fsp3) is 0.0714. The highest BCUT2D eigenvalue weighted by Gasteiger charge is 2.11. The van der Waals surface area contributed by atoms with Gasteiger partial charge in [-0.25, -0.2) is 9.97 Å². The molecule has 1 aromatic carbocycles. The molecule has 0 aliphatic rings. The summed E-state index contributed by atoms with van der Waals surface area (Å²) in [5.74, 6) is 0.846. The Kier molecular flexibility index (Phi) is 2.83. The van der Waals surface area contributed by atoms with Crippen molar-refractivity contribution in [2.24, 2.45) is 7.05 Å². The summed E-state index contributed by atoms with van der Waals surface area (Å²) >= 11 is 0. The highest BCUT2D eigenvalue weighted by Crippen LogP contribution is 2.27. The quantitative estimate of drug-likeness (QED) is 0.736. The van der Waals surface area contributed by atoms with E-state index < -0.39 is 0 Å². The first-order chi connectivity index (χ1) is 9.69. The summed E-state index contributed by atoms with van der Waals surface area (Å²) in [6.07, 6.45) is 3.82. The molecule has 0 aliphatic heterocycles. The fourth-order valence-corrected chi connectivity index (χ4v) is 2.02. The number of rotatable bonds is 3. The molecule has 6 nitrogen and oxygen atoms in total. The Balaban J connectivity index is 2.01. The van der Waals surface area contributed by atoms with Gasteiger partial charge in [0.15, 0.2) is 6.29 Å². The van der Waals surface area contributed by atoms with Crippen LogP contribution in [0.1, 0.15) is 10.4 Å². The molecule has 6 heteroatoms. The van der Waals surface area contributed by atoms with E-state index in [0.29, 0.717) is 12.0 Å². The number of nitrogen functional groups attached to an aromatic ring is 1. The van der Waals surface area contributed by atoms with E-state index in [2.05, 4.69) is 9.97 Å². The van der Waals surface area contributed by atoms with Crippen molar-refractivity contribution < 1.29 is 9.53 Å². The maximum absolute atomic E-state index is 11.0. The number of anilines is 1. The molecule has 0 unspecified atom stereocenters. The Labute approximate surface area is 114 Å². The van der Waals surface area contributed by atoms with Crippen molar-refractivity contribution in [3.05, 3.63) is 42.4 Å². The zero-order valence-corrected chi connectivity index (χ0v) is 10.8. The van der Waals surface area contributed by atoms with Crippen molar-refractivity contribution in [1.29, 1.82) is 0 Å². The van der Waals surface area contributed by atoms with Crippen LogP contribution >= 0.6 is 0 Å². The third kappa shape index (κ3) is 1.97. The first-order valence-corrected chi connectivity index (χ1v) is 5.97. The molecule has 0 bridgehead atoms. The van der Waals surface area contributed by atoms with Gasteiger partial charge < -0.3 is 15.0 Å². The van der Waals surface area contributed by atoms with Gasteiger partial charge in [-0.2, -0.15) is 0 Å². The summed E-state index contributed by atoms with van der Waals surface area (Å²) in [6.45, 7) is 0. The minimum atomic E-state index is 0.103. The lowest BCUT2D eigenvalue weighted by atomic mass is 10.2. The Bertz CT molecular complexity index is 795. The van der Waals surface area contributed by atoms with Gasteiger partial charge in [0, 0.05) is 24.1 Å². The molecule has 0 aliphatic carbocycles. The molecular weight excluding hydrogens is 256 g/mol. The first kappa shape index (κ1) is 12.2. The minimum absolute atomic E-state index is 0.103. The molecule has 0 amide bonds. The van der Waals surface area contributed by atoms with Gasteiger partial charge in [-0.15, -0.1) is 0 Å². The van der Waals surface area contributed by atoms with Gasteiger partial charge in [0.1, 0.15) is 23.5 Å². The smallest absolute Gasteiger partial charge is 0.235 e. The van der Waals surface area contributed by atoms with E-state index in [-0.39, 0.29) is 17.3 Å². The lowest BCUT2D eigenvalue weighted by Gasteiger charge is -2.08. The molecule has 100 valence electrons. The number of aldehydes is 1. The van der Waals surface area contributed by atoms with E-state index in [9.17, 15) is 4.79 Å². The standard InChI is InChI=1S/C14H12N4O2/c1-18-5-4-9-6-10(2-3-12(9)18)20-14-11(7-19)13(15)16-8-17-14/h2-8H,1H3,(H2,15,16,17). The van der Waals surface area contributed by atoms with Crippen molar-refractivity contribution in [2.45, 2.75) is 0 Å². The van der Waals surface area contributed by atoms with E-state index in [4.69, 9.17) is 10.5 Å². The highest BCUT2D eigenvalue weighted by molar-refractivity contribution is 5.85. The summed E-state index contributed by atoms with van der Waals surface area (Å²) in [4.78, 5) is 18.7. The second-order valence-corrected chi connectivity index (χ2v) is 4.34. The van der Waals surface area contributed by atoms with E-state index in [1.54, 1.807) is 0 Å². The molecular formula is C14H12N4O2. The van der Waals surface area contributed by atoms with Gasteiger partial charge in [-0.05, 0) is 24.3 Å². The third-order valence-corrected chi connectivity index (χ3v) is 3.07. The average Bonchev–Trinajstić information content (AvgIpc) is 2.80. The molecule has 0 spiro atoms. The number of fused-ring (bicyclic) bond motifs is 1. The number of carbonyl (C=O) groups excluding carboxylic acids is 1. The number of hydrogen-bond acceptors (Lipinski definition) is 5. The summed E-state index contributed by atoms with van der Waals surface area (Å²) in [6, 6.07) is 7.62. The predicted molar refractivity (Wildman–Crippen MR) is 74.8 cm³/mol. The number of aromatic nitrogens is 3. The number of aryl methyl sites for hydroxylation is 1. The van der Waals surface area contributed by atoms with E-state index in [0.717, 1.165) is 10.9 Å². The van der Waals surface area contributed by atoms with Crippen LogP contribution in [0.5, 0.6) is 11.6 Å². The highest BCUT2D eigenvalue weighted by atomic mass is 16.5. The molecule has 0 saturated carbocycles. The molecule has 2 N–H and O–H groups in total. The van der Waals surface area contributed by atoms with Crippen LogP contribution in [0.2, 0.25) is 0 Å². The number of ether oxygens (including phenoxy) is 1. The van der Waals surface area contributed by atoms with Crippen LogP contribution in [0.15, 0.2) is 36.8 Å². The van der Waals surface area contributed by atoms with Crippen LogP contribution in [-0.2, 0) is 7.05 Å². The number of hydrogen-bond donors (Lipinski definition) is 1. The van der Waals surface area contributed by atoms with Crippen molar-refractivity contribution in [3.8, 4) is 11.6 Å². The molecule has 0 fully saturated rings. The molecule has 0 radical (unpaired) electrons. The third-order valence-electron chi connectivity index (χ3n) is 3.07. The summed E-state index contributed by atoms with van der Waals surface area (Å²) < 4.78 is 7.64. The van der Waals surface area contributed by atoms with E-state index in [1.165, 1.54) is 6.33 Å². The second-order valence-electron chi connectivity index (χ2n) is 4.34. The van der Waals surface area contributed by atoms with Crippen molar-refractivity contribution in [1.82, 2.24) is 14.5 Å². The van der Waals surface area contributed by atoms with Gasteiger partial charge in [0.25, 0.3) is 0 Å². The summed E-state index contributed by atoms with van der Waals surface area (Å²) in [5.41, 5.74) is 6.86. The van der Waals surface area contributed by atoms with Crippen LogP contribution < -0.4 is 10.5 Å². The molecule has 3 rings (SSSR count). The maximum Gasteiger partial charge on any atom is 0.235 e. The summed E-state index contributed by atoms with van der Waals surface area (Å²) in [7, 11) is 1.97. The largest absolute Gasteiger partial charge is 0.438 e. The van der Waals surface area contributed by atoms with E-state index >= 15 is 0 Å².